The highest BCUT2D eigenvalue weighted by Gasteiger charge is 2.24. The first-order valence-electron chi connectivity index (χ1n) is 8.96. The molecule has 25 heavy (non-hydrogen) atoms. The van der Waals surface area contributed by atoms with Crippen molar-refractivity contribution in [3.63, 3.8) is 0 Å². The second-order valence-corrected chi connectivity index (χ2v) is 10.2. The molecular formula is C19H28N2O2S2. The Kier molecular flexibility index (Phi) is 6.23. The summed E-state index contributed by atoms with van der Waals surface area (Å²) in [5, 5.41) is 7.32. The SMILES string of the molecule is CC(C)(C)OC(=O)Nc1ccc2c(c1)CCC2NCC1CSCCS1. The topological polar surface area (TPSA) is 50.4 Å². The first-order chi connectivity index (χ1) is 11.9. The van der Waals surface area contributed by atoms with Gasteiger partial charge in [0.15, 0.2) is 0 Å². The monoisotopic (exact) mass is 380 g/mol. The van der Waals surface area contributed by atoms with Crippen LogP contribution in [-0.4, -0.2) is 40.7 Å². The Morgan fingerprint density at radius 2 is 2.16 bits per heavy atom. The average Bonchev–Trinajstić information content (AvgIpc) is 2.94. The third-order valence-electron chi connectivity index (χ3n) is 4.34. The van der Waals surface area contributed by atoms with Crippen LogP contribution in [0.4, 0.5) is 10.5 Å². The third kappa shape index (κ3) is 5.56. The molecule has 138 valence electrons. The molecule has 1 aromatic rings. The van der Waals surface area contributed by atoms with Crippen molar-refractivity contribution in [1.29, 1.82) is 0 Å². The van der Waals surface area contributed by atoms with Crippen molar-refractivity contribution in [3.05, 3.63) is 29.3 Å². The van der Waals surface area contributed by atoms with Crippen molar-refractivity contribution in [3.8, 4) is 0 Å². The Labute approximate surface area is 159 Å². The maximum absolute atomic E-state index is 11.9. The van der Waals surface area contributed by atoms with Gasteiger partial charge in [0.25, 0.3) is 0 Å². The van der Waals surface area contributed by atoms with E-state index in [4.69, 9.17) is 4.74 Å². The lowest BCUT2D eigenvalue weighted by Gasteiger charge is -2.23. The van der Waals surface area contributed by atoms with E-state index in [1.165, 1.54) is 28.4 Å². The Morgan fingerprint density at radius 3 is 2.88 bits per heavy atom. The fourth-order valence-corrected chi connectivity index (χ4v) is 5.88. The van der Waals surface area contributed by atoms with Crippen LogP contribution in [-0.2, 0) is 11.2 Å². The zero-order valence-electron chi connectivity index (χ0n) is 15.3. The first-order valence-corrected chi connectivity index (χ1v) is 11.2. The van der Waals surface area contributed by atoms with Crippen LogP contribution in [0.3, 0.4) is 0 Å². The average molecular weight is 381 g/mol. The van der Waals surface area contributed by atoms with Crippen LogP contribution >= 0.6 is 23.5 Å². The van der Waals surface area contributed by atoms with Gasteiger partial charge in [-0.2, -0.15) is 23.5 Å². The quantitative estimate of drug-likeness (QED) is 0.808. The summed E-state index contributed by atoms with van der Waals surface area (Å²) in [6, 6.07) is 6.66. The van der Waals surface area contributed by atoms with E-state index in [0.29, 0.717) is 6.04 Å². The number of ether oxygens (including phenoxy) is 1. The predicted molar refractivity (Wildman–Crippen MR) is 109 cm³/mol. The summed E-state index contributed by atoms with van der Waals surface area (Å²) in [5.41, 5.74) is 3.04. The molecule has 1 aromatic carbocycles. The molecular weight excluding hydrogens is 352 g/mol. The molecule has 1 heterocycles. The zero-order valence-corrected chi connectivity index (χ0v) is 16.9. The highest BCUT2D eigenvalue weighted by atomic mass is 32.2. The van der Waals surface area contributed by atoms with E-state index >= 15 is 0 Å². The lowest BCUT2D eigenvalue weighted by molar-refractivity contribution is 0.0636. The van der Waals surface area contributed by atoms with Gasteiger partial charge in [0.05, 0.1) is 0 Å². The molecule has 2 aliphatic rings. The van der Waals surface area contributed by atoms with Gasteiger partial charge in [0, 0.05) is 40.8 Å². The molecule has 0 spiro atoms. The van der Waals surface area contributed by atoms with Gasteiger partial charge in [-0.1, -0.05) is 6.07 Å². The smallest absolute Gasteiger partial charge is 0.412 e. The Hall–Kier alpha value is -0.850. The molecule has 1 fully saturated rings. The number of carbonyl (C=O) groups is 1. The summed E-state index contributed by atoms with van der Waals surface area (Å²) < 4.78 is 5.32. The molecule has 1 aliphatic heterocycles. The normalized spacial score (nSPS) is 23.2. The van der Waals surface area contributed by atoms with Crippen molar-refractivity contribution >= 4 is 35.3 Å². The molecule has 0 aromatic heterocycles. The van der Waals surface area contributed by atoms with E-state index in [-0.39, 0.29) is 0 Å². The number of anilines is 1. The summed E-state index contributed by atoms with van der Waals surface area (Å²) in [5.74, 6) is 3.83. The van der Waals surface area contributed by atoms with E-state index in [2.05, 4.69) is 46.3 Å². The molecule has 1 amide bonds. The van der Waals surface area contributed by atoms with Crippen molar-refractivity contribution < 1.29 is 9.53 Å². The third-order valence-corrected chi connectivity index (χ3v) is 7.19. The van der Waals surface area contributed by atoms with Gasteiger partial charge < -0.3 is 10.1 Å². The molecule has 0 bridgehead atoms. The minimum Gasteiger partial charge on any atom is -0.444 e. The number of amides is 1. The standard InChI is InChI=1S/C19H28N2O2S2/c1-19(2,3)23-18(22)21-14-5-6-16-13(10-14)4-7-17(16)20-11-15-12-24-8-9-25-15/h5-6,10,15,17,20H,4,7-9,11-12H2,1-3H3,(H,21,22). The predicted octanol–water partition coefficient (Wildman–Crippen LogP) is 4.46. The first kappa shape index (κ1) is 18.9. The molecule has 0 radical (unpaired) electrons. The number of thioether (sulfide) groups is 2. The number of hydrogen-bond donors (Lipinski definition) is 2. The van der Waals surface area contributed by atoms with E-state index in [9.17, 15) is 4.79 Å². The van der Waals surface area contributed by atoms with Gasteiger partial charge >= 0.3 is 6.09 Å². The second kappa shape index (κ2) is 8.23. The number of fused-ring (bicyclic) bond motifs is 1. The van der Waals surface area contributed by atoms with E-state index in [1.807, 2.05) is 26.8 Å². The molecule has 1 saturated heterocycles. The molecule has 6 heteroatoms. The van der Waals surface area contributed by atoms with Crippen LogP contribution in [0.15, 0.2) is 18.2 Å². The van der Waals surface area contributed by atoms with Gasteiger partial charge in [-0.25, -0.2) is 4.79 Å². The molecule has 1 aliphatic carbocycles. The second-order valence-electron chi connectivity index (χ2n) is 7.61. The Morgan fingerprint density at radius 1 is 1.32 bits per heavy atom. The van der Waals surface area contributed by atoms with Gasteiger partial charge in [0.1, 0.15) is 5.60 Å². The molecule has 2 atom stereocenters. The van der Waals surface area contributed by atoms with Gasteiger partial charge in [-0.05, 0) is 56.9 Å². The summed E-state index contributed by atoms with van der Waals surface area (Å²) in [6.07, 6.45) is 1.80. The van der Waals surface area contributed by atoms with Crippen LogP contribution < -0.4 is 10.6 Å². The van der Waals surface area contributed by atoms with Crippen LogP contribution in [0.25, 0.3) is 0 Å². The minimum atomic E-state index is -0.481. The summed E-state index contributed by atoms with van der Waals surface area (Å²) in [4.78, 5) is 11.9. The van der Waals surface area contributed by atoms with E-state index in [0.717, 1.165) is 30.3 Å². The number of carbonyl (C=O) groups excluding carboxylic acids is 1. The highest BCUT2D eigenvalue weighted by molar-refractivity contribution is 8.06. The summed E-state index contributed by atoms with van der Waals surface area (Å²) in [6.45, 7) is 6.69. The van der Waals surface area contributed by atoms with Gasteiger partial charge in [-0.15, -0.1) is 0 Å². The lowest BCUT2D eigenvalue weighted by atomic mass is 10.1. The Balaban J connectivity index is 1.55. The maximum atomic E-state index is 11.9. The largest absolute Gasteiger partial charge is 0.444 e. The fourth-order valence-electron chi connectivity index (χ4n) is 3.26. The number of rotatable bonds is 4. The summed E-state index contributed by atoms with van der Waals surface area (Å²) in [7, 11) is 0. The summed E-state index contributed by atoms with van der Waals surface area (Å²) >= 11 is 4.17. The van der Waals surface area contributed by atoms with Crippen LogP contribution in [0.1, 0.15) is 44.4 Å². The van der Waals surface area contributed by atoms with Crippen molar-refractivity contribution in [2.45, 2.75) is 50.5 Å². The number of hydrogen-bond acceptors (Lipinski definition) is 5. The molecule has 0 saturated carbocycles. The molecule has 3 rings (SSSR count). The van der Waals surface area contributed by atoms with Crippen molar-refractivity contribution in [2.75, 3.05) is 29.1 Å². The minimum absolute atomic E-state index is 0.396. The van der Waals surface area contributed by atoms with E-state index < -0.39 is 11.7 Å². The maximum Gasteiger partial charge on any atom is 0.412 e. The van der Waals surface area contributed by atoms with Crippen LogP contribution in [0.2, 0.25) is 0 Å². The van der Waals surface area contributed by atoms with Gasteiger partial charge in [-0.3, -0.25) is 5.32 Å². The molecule has 2 unspecified atom stereocenters. The zero-order chi connectivity index (χ0) is 17.9. The van der Waals surface area contributed by atoms with Gasteiger partial charge in [0.2, 0.25) is 0 Å². The van der Waals surface area contributed by atoms with E-state index in [1.54, 1.807) is 0 Å². The highest BCUT2D eigenvalue weighted by Crippen LogP contribution is 2.33. The number of benzene rings is 1. The number of nitrogens with one attached hydrogen (secondary N) is 2. The fraction of sp³-hybridized carbons (Fsp3) is 0.632. The lowest BCUT2D eigenvalue weighted by Crippen LogP contribution is -2.31. The van der Waals surface area contributed by atoms with Crippen LogP contribution in [0.5, 0.6) is 0 Å². The number of aryl methyl sites for hydroxylation is 1. The molecule has 2 N–H and O–H groups in total. The van der Waals surface area contributed by atoms with Crippen molar-refractivity contribution in [1.82, 2.24) is 5.32 Å². The molecule has 4 nitrogen and oxygen atoms in total. The Bertz CT molecular complexity index is 610. The van der Waals surface area contributed by atoms with Crippen molar-refractivity contribution in [2.24, 2.45) is 0 Å². The van der Waals surface area contributed by atoms with Crippen LogP contribution in [0, 0.1) is 0 Å².